The molecule has 0 saturated carbocycles. The number of ketones is 1. The summed E-state index contributed by atoms with van der Waals surface area (Å²) in [6.45, 7) is 5.14. The summed E-state index contributed by atoms with van der Waals surface area (Å²) >= 11 is 3.21. The molecule has 94 valence electrons. The van der Waals surface area contributed by atoms with E-state index in [2.05, 4.69) is 15.9 Å². The fourth-order valence-electron chi connectivity index (χ4n) is 1.13. The molecular weight excluding hydrogens is 304 g/mol. The summed E-state index contributed by atoms with van der Waals surface area (Å²) in [5, 5.41) is 0. The second-order valence-electron chi connectivity index (χ2n) is 4.89. The zero-order valence-corrected chi connectivity index (χ0v) is 12.4. The van der Waals surface area contributed by atoms with Gasteiger partial charge in [0.15, 0.2) is 15.6 Å². The smallest absolute Gasteiger partial charge is 0.185 e. The van der Waals surface area contributed by atoms with Gasteiger partial charge in [-0.2, -0.15) is 0 Å². The van der Waals surface area contributed by atoms with Gasteiger partial charge in [0, 0.05) is 9.89 Å². The number of benzene rings is 1. The van der Waals surface area contributed by atoms with Crippen molar-refractivity contribution in [1.29, 1.82) is 0 Å². The Morgan fingerprint density at radius 3 is 2.35 bits per heavy atom. The first kappa shape index (κ1) is 14.4. The Morgan fingerprint density at radius 1 is 1.29 bits per heavy atom. The Morgan fingerprint density at radius 2 is 1.88 bits per heavy atom. The van der Waals surface area contributed by atoms with Gasteiger partial charge in [0.25, 0.3) is 0 Å². The zero-order valence-electron chi connectivity index (χ0n) is 10.0. The number of carbonyl (C=O) groups is 1. The van der Waals surface area contributed by atoms with Crippen LogP contribution in [0, 0.1) is 5.41 Å². The lowest BCUT2D eigenvalue weighted by atomic mass is 9.92. The van der Waals surface area contributed by atoms with Gasteiger partial charge in [-0.05, 0) is 18.2 Å². The number of rotatable bonds is 3. The van der Waals surface area contributed by atoms with Crippen LogP contribution < -0.4 is 0 Å². The molecule has 17 heavy (non-hydrogen) atoms. The van der Waals surface area contributed by atoms with E-state index in [1.165, 1.54) is 12.1 Å². The van der Waals surface area contributed by atoms with Gasteiger partial charge in [-0.3, -0.25) is 4.79 Å². The first-order valence-corrected chi connectivity index (χ1v) is 7.59. The van der Waals surface area contributed by atoms with Gasteiger partial charge in [0.2, 0.25) is 0 Å². The molecule has 0 unspecified atom stereocenters. The Labute approximate surface area is 110 Å². The van der Waals surface area contributed by atoms with Crippen molar-refractivity contribution in [2.24, 2.45) is 5.41 Å². The van der Waals surface area contributed by atoms with Crippen LogP contribution in [0.4, 0.5) is 0 Å². The summed E-state index contributed by atoms with van der Waals surface area (Å²) in [6.07, 6.45) is 0. The highest BCUT2D eigenvalue weighted by Crippen LogP contribution is 2.21. The Bertz CT molecular complexity index is 527. The maximum Gasteiger partial charge on any atom is 0.185 e. The van der Waals surface area contributed by atoms with Crippen molar-refractivity contribution in [3.05, 3.63) is 28.7 Å². The molecule has 0 radical (unpaired) electrons. The maximum atomic E-state index is 12.0. The van der Waals surface area contributed by atoms with Crippen LogP contribution in [0.5, 0.6) is 0 Å². The Kier molecular flexibility index (Phi) is 4.15. The van der Waals surface area contributed by atoms with E-state index in [1.807, 2.05) is 0 Å². The summed E-state index contributed by atoms with van der Waals surface area (Å²) in [4.78, 5) is 11.9. The Hall–Kier alpha value is -0.680. The summed E-state index contributed by atoms with van der Waals surface area (Å²) in [6, 6.07) is 6.38. The molecule has 0 aliphatic heterocycles. The SMILES string of the molecule is CC(C)(C)C(=O)CS(=O)(=O)c1cccc(Br)c1. The second-order valence-corrected chi connectivity index (χ2v) is 7.79. The van der Waals surface area contributed by atoms with Crippen LogP contribution in [0.2, 0.25) is 0 Å². The third-order valence-electron chi connectivity index (χ3n) is 2.31. The third-order valence-corrected chi connectivity index (χ3v) is 4.42. The number of carbonyl (C=O) groups excluding carboxylic acids is 1. The molecule has 0 aliphatic carbocycles. The minimum absolute atomic E-state index is 0.171. The zero-order chi connectivity index (χ0) is 13.3. The molecule has 0 amide bonds. The molecule has 0 atom stereocenters. The number of hydrogen-bond acceptors (Lipinski definition) is 3. The van der Waals surface area contributed by atoms with E-state index in [0.717, 1.165) is 0 Å². The second kappa shape index (κ2) is 4.90. The van der Waals surface area contributed by atoms with E-state index in [9.17, 15) is 13.2 Å². The summed E-state index contributed by atoms with van der Waals surface area (Å²) in [5.74, 6) is -0.732. The lowest BCUT2D eigenvalue weighted by molar-refractivity contribution is -0.123. The lowest BCUT2D eigenvalue weighted by Gasteiger charge is -2.16. The lowest BCUT2D eigenvalue weighted by Crippen LogP contribution is -2.28. The predicted molar refractivity (Wildman–Crippen MR) is 70.7 cm³/mol. The van der Waals surface area contributed by atoms with E-state index in [-0.39, 0.29) is 10.7 Å². The van der Waals surface area contributed by atoms with Crippen molar-refractivity contribution in [3.8, 4) is 0 Å². The van der Waals surface area contributed by atoms with Gasteiger partial charge in [-0.15, -0.1) is 0 Å². The molecular formula is C12H15BrO3S. The van der Waals surface area contributed by atoms with Crippen molar-refractivity contribution < 1.29 is 13.2 Å². The van der Waals surface area contributed by atoms with Gasteiger partial charge in [0.05, 0.1) is 4.90 Å². The van der Waals surface area contributed by atoms with E-state index in [0.29, 0.717) is 4.47 Å². The average Bonchev–Trinajstić information content (AvgIpc) is 2.15. The number of halogens is 1. The fourth-order valence-corrected chi connectivity index (χ4v) is 3.22. The van der Waals surface area contributed by atoms with Crippen LogP contribution in [0.1, 0.15) is 20.8 Å². The molecule has 0 aliphatic rings. The summed E-state index contributed by atoms with van der Waals surface area (Å²) in [7, 11) is -3.54. The van der Waals surface area contributed by atoms with Crippen molar-refractivity contribution in [3.63, 3.8) is 0 Å². The molecule has 1 rings (SSSR count). The van der Waals surface area contributed by atoms with Crippen LogP contribution >= 0.6 is 15.9 Å². The predicted octanol–water partition coefficient (Wildman–Crippen LogP) is 2.84. The molecule has 0 fully saturated rings. The average molecular weight is 319 g/mol. The monoisotopic (exact) mass is 318 g/mol. The van der Waals surface area contributed by atoms with Gasteiger partial charge in [0.1, 0.15) is 5.75 Å². The van der Waals surface area contributed by atoms with Crippen LogP contribution in [0.25, 0.3) is 0 Å². The topological polar surface area (TPSA) is 51.2 Å². The van der Waals surface area contributed by atoms with E-state index < -0.39 is 21.0 Å². The highest BCUT2D eigenvalue weighted by Gasteiger charge is 2.27. The molecule has 0 saturated heterocycles. The normalized spacial score (nSPS) is 12.5. The van der Waals surface area contributed by atoms with Gasteiger partial charge in [-0.1, -0.05) is 42.8 Å². The van der Waals surface area contributed by atoms with Crippen LogP contribution in [-0.4, -0.2) is 20.0 Å². The molecule has 0 heterocycles. The number of hydrogen-bond donors (Lipinski definition) is 0. The maximum absolute atomic E-state index is 12.0. The van der Waals surface area contributed by atoms with Crippen molar-refractivity contribution in [2.45, 2.75) is 25.7 Å². The quantitative estimate of drug-likeness (QED) is 0.861. The molecule has 0 spiro atoms. The van der Waals surface area contributed by atoms with Crippen molar-refractivity contribution in [1.82, 2.24) is 0 Å². The minimum atomic E-state index is -3.54. The highest BCUT2D eigenvalue weighted by atomic mass is 79.9. The first-order valence-electron chi connectivity index (χ1n) is 5.14. The van der Waals surface area contributed by atoms with Crippen LogP contribution in [-0.2, 0) is 14.6 Å². The largest absolute Gasteiger partial charge is 0.298 e. The minimum Gasteiger partial charge on any atom is -0.298 e. The Balaban J connectivity index is 3.02. The van der Waals surface area contributed by atoms with Crippen LogP contribution in [0.15, 0.2) is 33.6 Å². The first-order chi connectivity index (χ1) is 7.63. The summed E-state index contributed by atoms with van der Waals surface area (Å²) in [5.41, 5.74) is -0.640. The number of Topliss-reactive ketones (excluding diaryl/α,β-unsaturated/α-hetero) is 1. The molecule has 1 aromatic rings. The van der Waals surface area contributed by atoms with Gasteiger partial charge in [-0.25, -0.2) is 8.42 Å². The number of sulfone groups is 1. The van der Waals surface area contributed by atoms with Crippen LogP contribution in [0.3, 0.4) is 0 Å². The fraction of sp³-hybridized carbons (Fsp3) is 0.417. The van der Waals surface area contributed by atoms with Gasteiger partial charge < -0.3 is 0 Å². The van der Waals surface area contributed by atoms with Crippen molar-refractivity contribution in [2.75, 3.05) is 5.75 Å². The van der Waals surface area contributed by atoms with E-state index in [1.54, 1.807) is 32.9 Å². The van der Waals surface area contributed by atoms with E-state index in [4.69, 9.17) is 0 Å². The summed E-state index contributed by atoms with van der Waals surface area (Å²) < 4.78 is 24.7. The third kappa shape index (κ3) is 3.92. The van der Waals surface area contributed by atoms with Crippen molar-refractivity contribution >= 4 is 31.6 Å². The molecule has 1 aromatic carbocycles. The highest BCUT2D eigenvalue weighted by molar-refractivity contribution is 9.10. The van der Waals surface area contributed by atoms with E-state index >= 15 is 0 Å². The standard InChI is InChI=1S/C12H15BrO3S/c1-12(2,3)11(14)8-17(15,16)10-6-4-5-9(13)7-10/h4-7H,8H2,1-3H3. The molecule has 0 N–H and O–H groups in total. The molecule has 5 heteroatoms. The molecule has 0 bridgehead atoms. The molecule has 3 nitrogen and oxygen atoms in total. The molecule has 0 aromatic heterocycles. The van der Waals surface area contributed by atoms with Gasteiger partial charge >= 0.3 is 0 Å².